The summed E-state index contributed by atoms with van der Waals surface area (Å²) >= 11 is 5.96. The highest BCUT2D eigenvalue weighted by atomic mass is 35.5. The van der Waals surface area contributed by atoms with Crippen molar-refractivity contribution in [1.82, 2.24) is 0 Å². The van der Waals surface area contributed by atoms with Gasteiger partial charge in [0.25, 0.3) is 0 Å². The molecule has 0 aliphatic carbocycles. The summed E-state index contributed by atoms with van der Waals surface area (Å²) < 4.78 is 0. The highest BCUT2D eigenvalue weighted by Crippen LogP contribution is 2.29. The summed E-state index contributed by atoms with van der Waals surface area (Å²) in [6.45, 7) is 3.88. The molecular weight excluding hydrogens is 282 g/mol. The fourth-order valence-corrected chi connectivity index (χ4v) is 2.51. The molecule has 110 valence electrons. The molecule has 0 aromatic heterocycles. The number of nitrogens with one attached hydrogen (secondary N) is 1. The van der Waals surface area contributed by atoms with Gasteiger partial charge in [0.15, 0.2) is 0 Å². The number of anilines is 1. The number of ketones is 1. The van der Waals surface area contributed by atoms with Crippen molar-refractivity contribution in [3.05, 3.63) is 65.2 Å². The lowest BCUT2D eigenvalue weighted by molar-refractivity contribution is -0.122. The predicted octanol–water partition coefficient (Wildman–Crippen LogP) is 5.11. The summed E-state index contributed by atoms with van der Waals surface area (Å²) in [5, 5.41) is 4.17. The van der Waals surface area contributed by atoms with Gasteiger partial charge in [0, 0.05) is 23.0 Å². The topological polar surface area (TPSA) is 29.1 Å². The molecule has 2 atom stereocenters. The zero-order valence-corrected chi connectivity index (χ0v) is 13.1. The maximum absolute atomic E-state index is 12.1. The van der Waals surface area contributed by atoms with E-state index in [0.717, 1.165) is 11.3 Å². The molecule has 0 bridgehead atoms. The van der Waals surface area contributed by atoms with E-state index in [1.165, 1.54) is 0 Å². The Kier molecular flexibility index (Phi) is 5.40. The van der Waals surface area contributed by atoms with E-state index in [-0.39, 0.29) is 17.7 Å². The van der Waals surface area contributed by atoms with Crippen LogP contribution < -0.4 is 5.32 Å². The standard InChI is InChI=1S/C18H20ClNO/c1-3-17(21)13(2)18(14-9-11-15(19)12-10-14)20-16-7-5-4-6-8-16/h4-13,18,20H,3H2,1-2H3/t13-,18?/m0/s1. The van der Waals surface area contributed by atoms with Crippen LogP contribution in [-0.4, -0.2) is 5.78 Å². The Labute approximate surface area is 131 Å². The smallest absolute Gasteiger partial charge is 0.137 e. The van der Waals surface area contributed by atoms with Crippen LogP contribution in [0.3, 0.4) is 0 Å². The van der Waals surface area contributed by atoms with Crippen molar-refractivity contribution in [2.75, 3.05) is 5.32 Å². The Morgan fingerprint density at radius 2 is 1.71 bits per heavy atom. The third kappa shape index (κ3) is 4.08. The van der Waals surface area contributed by atoms with E-state index in [1.54, 1.807) is 0 Å². The quantitative estimate of drug-likeness (QED) is 0.803. The fraction of sp³-hybridized carbons (Fsp3) is 0.278. The second kappa shape index (κ2) is 7.28. The summed E-state index contributed by atoms with van der Waals surface area (Å²) in [5.74, 6) is 0.148. The number of Topliss-reactive ketones (excluding diaryl/α,β-unsaturated/α-hetero) is 1. The van der Waals surface area contributed by atoms with Gasteiger partial charge in [0.2, 0.25) is 0 Å². The molecule has 0 saturated carbocycles. The highest BCUT2D eigenvalue weighted by Gasteiger charge is 2.24. The number of rotatable bonds is 6. The van der Waals surface area contributed by atoms with Gasteiger partial charge in [-0.3, -0.25) is 4.79 Å². The number of hydrogen-bond donors (Lipinski definition) is 1. The Balaban J connectivity index is 2.29. The normalized spacial score (nSPS) is 13.5. The van der Waals surface area contributed by atoms with Gasteiger partial charge >= 0.3 is 0 Å². The first-order valence-electron chi connectivity index (χ1n) is 7.21. The first-order valence-corrected chi connectivity index (χ1v) is 7.59. The summed E-state index contributed by atoms with van der Waals surface area (Å²) in [7, 11) is 0. The molecule has 0 fully saturated rings. The van der Waals surface area contributed by atoms with Gasteiger partial charge in [-0.2, -0.15) is 0 Å². The van der Waals surface area contributed by atoms with Gasteiger partial charge < -0.3 is 5.32 Å². The molecule has 2 nitrogen and oxygen atoms in total. The number of hydrogen-bond acceptors (Lipinski definition) is 2. The van der Waals surface area contributed by atoms with Gasteiger partial charge in [-0.1, -0.05) is 55.8 Å². The van der Waals surface area contributed by atoms with Crippen molar-refractivity contribution in [3.63, 3.8) is 0 Å². The zero-order chi connectivity index (χ0) is 15.2. The molecule has 2 aromatic carbocycles. The molecule has 0 radical (unpaired) electrons. The zero-order valence-electron chi connectivity index (χ0n) is 12.3. The van der Waals surface area contributed by atoms with Gasteiger partial charge in [0.1, 0.15) is 5.78 Å². The summed E-state index contributed by atoms with van der Waals surface area (Å²) in [6.07, 6.45) is 0.543. The molecule has 0 saturated heterocycles. The number of carbonyl (C=O) groups excluding carboxylic acids is 1. The van der Waals surface area contributed by atoms with Crippen molar-refractivity contribution in [2.24, 2.45) is 5.92 Å². The van der Waals surface area contributed by atoms with E-state index in [1.807, 2.05) is 68.4 Å². The van der Waals surface area contributed by atoms with Crippen LogP contribution in [0.25, 0.3) is 0 Å². The lowest BCUT2D eigenvalue weighted by atomic mass is 9.90. The molecule has 0 amide bonds. The van der Waals surface area contributed by atoms with Crippen LogP contribution in [0.4, 0.5) is 5.69 Å². The lowest BCUT2D eigenvalue weighted by Gasteiger charge is -2.25. The van der Waals surface area contributed by atoms with Crippen molar-refractivity contribution in [1.29, 1.82) is 0 Å². The van der Waals surface area contributed by atoms with Crippen LogP contribution in [0.2, 0.25) is 5.02 Å². The predicted molar refractivity (Wildman–Crippen MR) is 88.7 cm³/mol. The maximum atomic E-state index is 12.1. The van der Waals surface area contributed by atoms with Gasteiger partial charge in [-0.05, 0) is 29.8 Å². The molecule has 2 aromatic rings. The van der Waals surface area contributed by atoms with Crippen LogP contribution in [0, 0.1) is 5.92 Å². The minimum atomic E-state index is -0.101. The minimum absolute atomic E-state index is 0.0582. The molecule has 3 heteroatoms. The Hall–Kier alpha value is -1.80. The number of carbonyl (C=O) groups is 1. The third-order valence-corrected chi connectivity index (χ3v) is 3.93. The molecule has 0 aliphatic heterocycles. The van der Waals surface area contributed by atoms with Crippen LogP contribution in [0.1, 0.15) is 31.9 Å². The Morgan fingerprint density at radius 1 is 1.10 bits per heavy atom. The largest absolute Gasteiger partial charge is 0.378 e. The Morgan fingerprint density at radius 3 is 2.29 bits per heavy atom. The monoisotopic (exact) mass is 301 g/mol. The van der Waals surface area contributed by atoms with E-state index >= 15 is 0 Å². The third-order valence-electron chi connectivity index (χ3n) is 3.68. The molecule has 21 heavy (non-hydrogen) atoms. The van der Waals surface area contributed by atoms with Gasteiger partial charge in [0.05, 0.1) is 6.04 Å². The first kappa shape index (κ1) is 15.6. The van der Waals surface area contributed by atoms with Crippen molar-refractivity contribution >= 4 is 23.1 Å². The molecular formula is C18H20ClNO. The Bertz CT molecular complexity index is 580. The molecule has 0 heterocycles. The van der Waals surface area contributed by atoms with Crippen molar-refractivity contribution in [3.8, 4) is 0 Å². The molecule has 2 rings (SSSR count). The highest BCUT2D eigenvalue weighted by molar-refractivity contribution is 6.30. The van der Waals surface area contributed by atoms with Crippen LogP contribution in [0.15, 0.2) is 54.6 Å². The molecule has 1 unspecified atom stereocenters. The van der Waals surface area contributed by atoms with Crippen molar-refractivity contribution < 1.29 is 4.79 Å². The van der Waals surface area contributed by atoms with Gasteiger partial charge in [-0.15, -0.1) is 0 Å². The number of benzene rings is 2. The average Bonchev–Trinajstić information content (AvgIpc) is 2.53. The first-order chi connectivity index (χ1) is 10.1. The van der Waals surface area contributed by atoms with E-state index in [9.17, 15) is 4.79 Å². The minimum Gasteiger partial charge on any atom is -0.378 e. The molecule has 0 spiro atoms. The van der Waals surface area contributed by atoms with E-state index in [0.29, 0.717) is 11.4 Å². The lowest BCUT2D eigenvalue weighted by Crippen LogP contribution is -2.25. The molecule has 0 aliphatic rings. The van der Waals surface area contributed by atoms with Crippen LogP contribution >= 0.6 is 11.6 Å². The van der Waals surface area contributed by atoms with E-state index in [2.05, 4.69) is 5.32 Å². The molecule has 1 N–H and O–H groups in total. The second-order valence-electron chi connectivity index (χ2n) is 5.15. The summed E-state index contributed by atoms with van der Waals surface area (Å²) in [5.41, 5.74) is 2.07. The SMILES string of the molecule is CCC(=O)[C@H](C)C(Nc1ccccc1)c1ccc(Cl)cc1. The number of halogens is 1. The average molecular weight is 302 g/mol. The summed E-state index contributed by atoms with van der Waals surface area (Å²) in [6, 6.07) is 17.6. The summed E-state index contributed by atoms with van der Waals surface area (Å²) in [4.78, 5) is 12.1. The second-order valence-corrected chi connectivity index (χ2v) is 5.58. The van der Waals surface area contributed by atoms with Gasteiger partial charge in [-0.25, -0.2) is 0 Å². The van der Waals surface area contributed by atoms with E-state index < -0.39 is 0 Å². The van der Waals surface area contributed by atoms with Crippen LogP contribution in [0.5, 0.6) is 0 Å². The maximum Gasteiger partial charge on any atom is 0.137 e. The van der Waals surface area contributed by atoms with E-state index in [4.69, 9.17) is 11.6 Å². The number of para-hydroxylation sites is 1. The van der Waals surface area contributed by atoms with Crippen LogP contribution in [-0.2, 0) is 4.79 Å². The fourth-order valence-electron chi connectivity index (χ4n) is 2.39. The van der Waals surface area contributed by atoms with Crippen molar-refractivity contribution in [2.45, 2.75) is 26.3 Å².